The Kier molecular flexibility index (Phi) is 3.02. The number of carbonyl (C=O) groups is 1. The number of carboxylic acids is 1. The molecule has 2 N–H and O–H groups in total. The second-order valence-electron chi connectivity index (χ2n) is 4.78. The minimum Gasteiger partial charge on any atom is -0.477 e. The third-order valence-corrected chi connectivity index (χ3v) is 3.61. The normalized spacial score (nSPS) is 16.6. The Morgan fingerprint density at radius 3 is 2.89 bits per heavy atom. The molecule has 1 aliphatic carbocycles. The molecule has 0 bridgehead atoms. The van der Waals surface area contributed by atoms with Crippen molar-refractivity contribution >= 4 is 5.97 Å². The fourth-order valence-electron chi connectivity index (χ4n) is 2.67. The van der Waals surface area contributed by atoms with Crippen molar-refractivity contribution in [1.29, 1.82) is 0 Å². The zero-order valence-corrected chi connectivity index (χ0v) is 10.4. The quantitative estimate of drug-likeness (QED) is 0.879. The van der Waals surface area contributed by atoms with Crippen molar-refractivity contribution in [2.24, 2.45) is 0 Å². The van der Waals surface area contributed by atoms with Crippen LogP contribution in [-0.2, 0) is 0 Å². The van der Waals surface area contributed by atoms with Crippen molar-refractivity contribution in [3.63, 3.8) is 0 Å². The Bertz CT molecular complexity index is 582. The van der Waals surface area contributed by atoms with Gasteiger partial charge < -0.3 is 14.7 Å². The number of nitrogens with one attached hydrogen (secondary N) is 1. The van der Waals surface area contributed by atoms with E-state index in [-0.39, 0.29) is 5.69 Å². The molecule has 1 fully saturated rings. The van der Waals surface area contributed by atoms with E-state index in [1.807, 2.05) is 4.57 Å². The van der Waals surface area contributed by atoms with Gasteiger partial charge in [-0.3, -0.25) is 0 Å². The lowest BCUT2D eigenvalue weighted by molar-refractivity contribution is 0.0692. The second-order valence-corrected chi connectivity index (χ2v) is 4.78. The topological polar surface area (TPSA) is 96.7 Å². The van der Waals surface area contributed by atoms with E-state index in [1.165, 1.54) is 25.6 Å². The first kappa shape index (κ1) is 11.9. The molecule has 7 heteroatoms. The van der Waals surface area contributed by atoms with Crippen molar-refractivity contribution in [3.05, 3.63) is 18.3 Å². The number of nitrogens with zero attached hydrogens (tertiary/aromatic N) is 4. The zero-order valence-electron chi connectivity index (χ0n) is 10.4. The summed E-state index contributed by atoms with van der Waals surface area (Å²) in [6.07, 6.45) is 8.85. The van der Waals surface area contributed by atoms with E-state index >= 15 is 0 Å². The smallest absolute Gasteiger partial charge is 0.354 e. The fraction of sp³-hybridized carbons (Fsp3) is 0.500. The van der Waals surface area contributed by atoms with E-state index in [1.54, 1.807) is 6.33 Å². The summed E-state index contributed by atoms with van der Waals surface area (Å²) in [5.74, 6) is -0.503. The largest absolute Gasteiger partial charge is 0.477 e. The number of aromatic nitrogens is 5. The summed E-state index contributed by atoms with van der Waals surface area (Å²) in [7, 11) is 0. The highest BCUT2D eigenvalue weighted by Gasteiger charge is 2.24. The van der Waals surface area contributed by atoms with Gasteiger partial charge in [-0.1, -0.05) is 19.3 Å². The molecule has 0 atom stereocenters. The van der Waals surface area contributed by atoms with Gasteiger partial charge in [0.05, 0.1) is 6.33 Å². The molecule has 0 spiro atoms. The first-order valence-electron chi connectivity index (χ1n) is 6.44. The monoisotopic (exact) mass is 261 g/mol. The molecule has 1 aliphatic rings. The predicted octanol–water partition coefficient (Wildman–Crippen LogP) is 1.87. The third kappa shape index (κ3) is 2.11. The van der Waals surface area contributed by atoms with Crippen molar-refractivity contribution in [3.8, 4) is 11.5 Å². The van der Waals surface area contributed by atoms with Crippen LogP contribution in [0, 0.1) is 0 Å². The zero-order chi connectivity index (χ0) is 13.2. The highest BCUT2D eigenvalue weighted by atomic mass is 16.4. The van der Waals surface area contributed by atoms with Gasteiger partial charge in [0.2, 0.25) is 0 Å². The average Bonchev–Trinajstić information content (AvgIpc) is 3.08. The number of carboxylic acid groups (broad SMARTS) is 1. The molecule has 0 unspecified atom stereocenters. The van der Waals surface area contributed by atoms with E-state index in [0.717, 1.165) is 12.8 Å². The summed E-state index contributed by atoms with van der Waals surface area (Å²) in [6.45, 7) is 0. The van der Waals surface area contributed by atoms with Crippen LogP contribution >= 0.6 is 0 Å². The molecule has 3 rings (SSSR count). The number of hydrogen-bond donors (Lipinski definition) is 2. The molecule has 19 heavy (non-hydrogen) atoms. The molecule has 2 aromatic rings. The van der Waals surface area contributed by atoms with Gasteiger partial charge in [-0.2, -0.15) is 0 Å². The Morgan fingerprint density at radius 2 is 2.16 bits per heavy atom. The molecule has 0 radical (unpaired) electrons. The van der Waals surface area contributed by atoms with E-state index in [4.69, 9.17) is 5.11 Å². The molecular weight excluding hydrogens is 246 g/mol. The predicted molar refractivity (Wildman–Crippen MR) is 66.7 cm³/mol. The fourth-order valence-corrected chi connectivity index (χ4v) is 2.67. The number of aromatic amines is 1. The summed E-state index contributed by atoms with van der Waals surface area (Å²) in [5.41, 5.74) is 0.417. The van der Waals surface area contributed by atoms with E-state index in [9.17, 15) is 4.79 Å². The molecule has 7 nitrogen and oxygen atoms in total. The first-order chi connectivity index (χ1) is 9.27. The lowest BCUT2D eigenvalue weighted by Crippen LogP contribution is -2.14. The number of aromatic carboxylic acids is 1. The molecule has 0 saturated heterocycles. The van der Waals surface area contributed by atoms with Gasteiger partial charge in [0.15, 0.2) is 11.5 Å². The number of H-pyrrole nitrogens is 1. The standard InChI is InChI=1S/C12H15N5O2/c18-12(19)10-9(13-6-14-10)11-16-15-7-17(11)8-4-2-1-3-5-8/h6-8H,1-5H2,(H,13,14)(H,18,19). The van der Waals surface area contributed by atoms with Gasteiger partial charge in [0, 0.05) is 6.04 Å². The Morgan fingerprint density at radius 1 is 1.37 bits per heavy atom. The van der Waals surface area contributed by atoms with Crippen molar-refractivity contribution in [1.82, 2.24) is 24.7 Å². The van der Waals surface area contributed by atoms with Crippen LogP contribution < -0.4 is 0 Å². The van der Waals surface area contributed by atoms with E-state index in [0.29, 0.717) is 17.6 Å². The molecule has 0 aliphatic heterocycles. The molecule has 1 saturated carbocycles. The minimum atomic E-state index is -1.04. The SMILES string of the molecule is O=C(O)c1[nH]cnc1-c1nncn1C1CCCCC1. The number of imidazole rings is 1. The second kappa shape index (κ2) is 4.83. The first-order valence-corrected chi connectivity index (χ1v) is 6.44. The minimum absolute atomic E-state index is 0.0602. The average molecular weight is 261 g/mol. The van der Waals surface area contributed by atoms with Gasteiger partial charge in [0.25, 0.3) is 0 Å². The highest BCUT2D eigenvalue weighted by molar-refractivity contribution is 5.91. The van der Waals surface area contributed by atoms with Gasteiger partial charge in [-0.05, 0) is 12.8 Å². The number of hydrogen-bond acceptors (Lipinski definition) is 4. The van der Waals surface area contributed by atoms with Crippen LogP contribution in [0.15, 0.2) is 12.7 Å². The molecule has 2 heterocycles. The molecule has 0 amide bonds. The maximum atomic E-state index is 11.1. The molecule has 100 valence electrons. The summed E-state index contributed by atoms with van der Waals surface area (Å²) >= 11 is 0. The maximum absolute atomic E-state index is 11.1. The van der Waals surface area contributed by atoms with Crippen LogP contribution in [0.25, 0.3) is 11.5 Å². The van der Waals surface area contributed by atoms with Crippen LogP contribution in [0.2, 0.25) is 0 Å². The third-order valence-electron chi connectivity index (χ3n) is 3.61. The van der Waals surface area contributed by atoms with Gasteiger partial charge in [-0.25, -0.2) is 9.78 Å². The van der Waals surface area contributed by atoms with Crippen molar-refractivity contribution < 1.29 is 9.90 Å². The maximum Gasteiger partial charge on any atom is 0.354 e. The van der Waals surface area contributed by atoms with Crippen LogP contribution in [0.3, 0.4) is 0 Å². The van der Waals surface area contributed by atoms with Crippen molar-refractivity contribution in [2.75, 3.05) is 0 Å². The van der Waals surface area contributed by atoms with Crippen molar-refractivity contribution in [2.45, 2.75) is 38.1 Å². The van der Waals surface area contributed by atoms with Crippen LogP contribution in [-0.4, -0.2) is 35.8 Å². The Hall–Kier alpha value is -2.18. The molecule has 2 aromatic heterocycles. The summed E-state index contributed by atoms with van der Waals surface area (Å²) < 4.78 is 1.96. The lowest BCUT2D eigenvalue weighted by atomic mass is 9.95. The van der Waals surface area contributed by atoms with Crippen LogP contribution in [0.5, 0.6) is 0 Å². The van der Waals surface area contributed by atoms with Crippen LogP contribution in [0.1, 0.15) is 48.6 Å². The van der Waals surface area contributed by atoms with E-state index in [2.05, 4.69) is 20.2 Å². The summed E-state index contributed by atoms with van der Waals surface area (Å²) in [6, 6.07) is 0.345. The highest BCUT2D eigenvalue weighted by Crippen LogP contribution is 2.31. The van der Waals surface area contributed by atoms with Gasteiger partial charge in [0.1, 0.15) is 12.0 Å². The molecule has 0 aromatic carbocycles. The lowest BCUT2D eigenvalue weighted by Gasteiger charge is -2.23. The molecular formula is C12H15N5O2. The van der Waals surface area contributed by atoms with Gasteiger partial charge in [-0.15, -0.1) is 10.2 Å². The Labute approximate surface area is 109 Å². The summed E-state index contributed by atoms with van der Waals surface area (Å²) in [4.78, 5) is 17.8. The van der Waals surface area contributed by atoms with Crippen LogP contribution in [0.4, 0.5) is 0 Å². The summed E-state index contributed by atoms with van der Waals surface area (Å²) in [5, 5.41) is 17.1. The Balaban J connectivity index is 1.99. The number of rotatable bonds is 3. The van der Waals surface area contributed by atoms with Gasteiger partial charge >= 0.3 is 5.97 Å². The van der Waals surface area contributed by atoms with E-state index < -0.39 is 5.97 Å².